The van der Waals surface area contributed by atoms with E-state index in [2.05, 4.69) is 19.1 Å². The maximum atomic E-state index is 11.9. The zero-order chi connectivity index (χ0) is 11.9. The first-order chi connectivity index (χ1) is 8.23. The minimum absolute atomic E-state index is 0.00162. The summed E-state index contributed by atoms with van der Waals surface area (Å²) in [5.41, 5.74) is 0.860. The molecule has 1 aliphatic carbocycles. The normalized spacial score (nSPS) is 33.2. The highest BCUT2D eigenvalue weighted by atomic mass is 16.6. The molecule has 0 bridgehead atoms. The van der Waals surface area contributed by atoms with Gasteiger partial charge in [0, 0.05) is 0 Å². The summed E-state index contributed by atoms with van der Waals surface area (Å²) in [5, 5.41) is 0. The fourth-order valence-corrected chi connectivity index (χ4v) is 3.35. The minimum Gasteiger partial charge on any atom is -0.456 e. The van der Waals surface area contributed by atoms with E-state index in [1.165, 1.54) is 25.7 Å². The van der Waals surface area contributed by atoms with Gasteiger partial charge in [0.15, 0.2) is 0 Å². The zero-order valence-electron chi connectivity index (χ0n) is 10.2. The van der Waals surface area contributed by atoms with Crippen LogP contribution in [0.2, 0.25) is 0 Å². The Morgan fingerprint density at radius 2 is 1.82 bits per heavy atom. The van der Waals surface area contributed by atoms with Crippen LogP contribution in [0, 0.1) is 11.3 Å². The number of esters is 1. The Morgan fingerprint density at radius 1 is 1.18 bits per heavy atom. The monoisotopic (exact) mass is 230 g/mol. The van der Waals surface area contributed by atoms with Gasteiger partial charge in [-0.05, 0) is 31.2 Å². The number of rotatable bonds is 2. The maximum Gasteiger partial charge on any atom is 0.316 e. The average Bonchev–Trinajstić information content (AvgIpc) is 2.90. The van der Waals surface area contributed by atoms with Crippen molar-refractivity contribution < 1.29 is 9.53 Å². The predicted molar refractivity (Wildman–Crippen MR) is 65.3 cm³/mol. The largest absolute Gasteiger partial charge is 0.456 e. The first kappa shape index (κ1) is 10.8. The third-order valence-corrected chi connectivity index (χ3v) is 4.51. The van der Waals surface area contributed by atoms with E-state index in [4.69, 9.17) is 4.74 Å². The van der Waals surface area contributed by atoms with Crippen LogP contribution in [0.15, 0.2) is 30.3 Å². The predicted octanol–water partition coefficient (Wildman–Crippen LogP) is 3.48. The van der Waals surface area contributed by atoms with Crippen molar-refractivity contribution in [1.82, 2.24) is 0 Å². The van der Waals surface area contributed by atoms with Crippen molar-refractivity contribution in [1.29, 1.82) is 0 Å². The number of carbonyl (C=O) groups excluding carboxylic acids is 1. The van der Waals surface area contributed by atoms with Crippen LogP contribution in [0.3, 0.4) is 0 Å². The van der Waals surface area contributed by atoms with Crippen molar-refractivity contribution in [2.75, 3.05) is 0 Å². The molecule has 2 unspecified atom stereocenters. The number of hydrogen-bond acceptors (Lipinski definition) is 2. The van der Waals surface area contributed by atoms with Gasteiger partial charge in [-0.25, -0.2) is 0 Å². The van der Waals surface area contributed by atoms with Gasteiger partial charge >= 0.3 is 5.97 Å². The molecule has 0 amide bonds. The highest BCUT2D eigenvalue weighted by molar-refractivity contribution is 5.83. The second-order valence-electron chi connectivity index (χ2n) is 5.46. The smallest absolute Gasteiger partial charge is 0.316 e. The number of cyclic esters (lactones) is 1. The first-order valence-corrected chi connectivity index (χ1v) is 6.49. The van der Waals surface area contributed by atoms with Crippen molar-refractivity contribution in [3.05, 3.63) is 35.9 Å². The van der Waals surface area contributed by atoms with Gasteiger partial charge in [-0.3, -0.25) is 4.79 Å². The molecule has 1 saturated carbocycles. The van der Waals surface area contributed by atoms with Crippen LogP contribution in [-0.4, -0.2) is 5.97 Å². The molecule has 3 rings (SSSR count). The Hall–Kier alpha value is -1.31. The molecular formula is C15H18O2. The Labute approximate surface area is 102 Å². The average molecular weight is 230 g/mol. The maximum absolute atomic E-state index is 11.9. The summed E-state index contributed by atoms with van der Waals surface area (Å²) in [5.74, 6) is 0.507. The summed E-state index contributed by atoms with van der Waals surface area (Å²) < 4.78 is 5.41. The lowest BCUT2D eigenvalue weighted by Crippen LogP contribution is -2.52. The molecule has 1 saturated heterocycles. The first-order valence-electron chi connectivity index (χ1n) is 6.49. The molecule has 0 aromatic heterocycles. The van der Waals surface area contributed by atoms with Gasteiger partial charge in [-0.2, -0.15) is 0 Å². The van der Waals surface area contributed by atoms with Crippen LogP contribution >= 0.6 is 0 Å². The topological polar surface area (TPSA) is 26.3 Å². The fraction of sp³-hybridized carbons (Fsp3) is 0.533. The third kappa shape index (κ3) is 1.50. The number of benzene rings is 1. The van der Waals surface area contributed by atoms with E-state index in [1.54, 1.807) is 0 Å². The van der Waals surface area contributed by atoms with E-state index in [1.807, 2.05) is 18.2 Å². The van der Waals surface area contributed by atoms with Crippen LogP contribution in [0.25, 0.3) is 0 Å². The van der Waals surface area contributed by atoms with E-state index in [9.17, 15) is 4.79 Å². The van der Waals surface area contributed by atoms with Crippen LogP contribution in [0.4, 0.5) is 0 Å². The number of carbonyl (C=O) groups is 1. The van der Waals surface area contributed by atoms with Gasteiger partial charge in [0.1, 0.15) is 11.5 Å². The SMILES string of the molecule is CC1(C2CCCC2)C(=O)OC1c1ccccc1. The molecule has 0 N–H and O–H groups in total. The Kier molecular flexibility index (Phi) is 2.46. The molecule has 1 aromatic carbocycles. The van der Waals surface area contributed by atoms with E-state index in [0.29, 0.717) is 5.92 Å². The summed E-state index contributed by atoms with van der Waals surface area (Å²) in [6.07, 6.45) is 4.84. The van der Waals surface area contributed by atoms with Crippen molar-refractivity contribution in [2.45, 2.75) is 38.7 Å². The van der Waals surface area contributed by atoms with Crippen LogP contribution in [0.5, 0.6) is 0 Å². The fourth-order valence-electron chi connectivity index (χ4n) is 3.35. The lowest BCUT2D eigenvalue weighted by molar-refractivity contribution is -0.215. The molecule has 1 heterocycles. The standard InChI is InChI=1S/C15H18O2/c1-15(12-9-5-6-10-12)13(17-14(15)16)11-7-3-2-4-8-11/h2-4,7-8,12-13H,5-6,9-10H2,1H3. The number of ether oxygens (including phenoxy) is 1. The van der Waals surface area contributed by atoms with Crippen molar-refractivity contribution in [3.63, 3.8) is 0 Å². The molecule has 2 aliphatic rings. The highest BCUT2D eigenvalue weighted by Crippen LogP contribution is 2.56. The third-order valence-electron chi connectivity index (χ3n) is 4.51. The Morgan fingerprint density at radius 3 is 2.41 bits per heavy atom. The van der Waals surface area contributed by atoms with E-state index in [0.717, 1.165) is 5.56 Å². The molecule has 2 heteroatoms. The summed E-state index contributed by atoms with van der Waals surface area (Å²) in [7, 11) is 0. The molecule has 0 spiro atoms. The van der Waals surface area contributed by atoms with Crippen LogP contribution < -0.4 is 0 Å². The van der Waals surface area contributed by atoms with Crippen LogP contribution in [-0.2, 0) is 9.53 Å². The molecule has 2 nitrogen and oxygen atoms in total. The summed E-state index contributed by atoms with van der Waals surface area (Å²) in [4.78, 5) is 11.9. The molecule has 0 radical (unpaired) electrons. The summed E-state index contributed by atoms with van der Waals surface area (Å²) in [6.45, 7) is 2.09. The van der Waals surface area contributed by atoms with Gasteiger partial charge in [-0.15, -0.1) is 0 Å². The quantitative estimate of drug-likeness (QED) is 0.727. The van der Waals surface area contributed by atoms with Gasteiger partial charge < -0.3 is 4.74 Å². The molecule has 90 valence electrons. The number of hydrogen-bond donors (Lipinski definition) is 0. The lowest BCUT2D eigenvalue weighted by atomic mass is 9.66. The highest BCUT2D eigenvalue weighted by Gasteiger charge is 2.59. The van der Waals surface area contributed by atoms with Crippen molar-refractivity contribution in [2.24, 2.45) is 11.3 Å². The van der Waals surface area contributed by atoms with Crippen molar-refractivity contribution in [3.8, 4) is 0 Å². The van der Waals surface area contributed by atoms with Gasteiger partial charge in [-0.1, -0.05) is 43.2 Å². The summed E-state index contributed by atoms with van der Waals surface area (Å²) >= 11 is 0. The van der Waals surface area contributed by atoms with Gasteiger partial charge in [0.05, 0.1) is 0 Å². The molecular weight excluding hydrogens is 212 g/mol. The molecule has 1 aromatic rings. The van der Waals surface area contributed by atoms with E-state index < -0.39 is 0 Å². The Balaban J connectivity index is 1.89. The van der Waals surface area contributed by atoms with Crippen molar-refractivity contribution >= 4 is 5.97 Å². The van der Waals surface area contributed by atoms with Crippen LogP contribution in [0.1, 0.15) is 44.3 Å². The second-order valence-corrected chi connectivity index (χ2v) is 5.46. The molecule has 2 atom stereocenters. The van der Waals surface area contributed by atoms with E-state index >= 15 is 0 Å². The molecule has 17 heavy (non-hydrogen) atoms. The summed E-state index contributed by atoms with van der Waals surface area (Å²) in [6, 6.07) is 10.1. The molecule has 2 fully saturated rings. The second kappa shape index (κ2) is 3.86. The van der Waals surface area contributed by atoms with Gasteiger partial charge in [0.2, 0.25) is 0 Å². The molecule has 1 aliphatic heterocycles. The van der Waals surface area contributed by atoms with E-state index in [-0.39, 0.29) is 17.5 Å². The lowest BCUT2D eigenvalue weighted by Gasteiger charge is -2.48. The van der Waals surface area contributed by atoms with Gasteiger partial charge in [0.25, 0.3) is 0 Å². The minimum atomic E-state index is -0.280. The Bertz CT molecular complexity index is 420. The zero-order valence-corrected chi connectivity index (χ0v) is 10.2.